The summed E-state index contributed by atoms with van der Waals surface area (Å²) >= 11 is 3.37. The van der Waals surface area contributed by atoms with Gasteiger partial charge in [-0.25, -0.2) is 0 Å². The van der Waals surface area contributed by atoms with Crippen molar-refractivity contribution in [3.05, 3.63) is 27.7 Å². The second-order valence-electron chi connectivity index (χ2n) is 4.54. The topological polar surface area (TPSA) is 71.3 Å². The Morgan fingerprint density at radius 1 is 1.38 bits per heavy atom. The number of methoxy groups -OCH3 is 2. The molecular formula is C15H17BrN2O3. The fraction of sp³-hybridized carbons (Fsp3) is 0.333. The van der Waals surface area contributed by atoms with Crippen LogP contribution in [0.4, 0.5) is 0 Å². The smallest absolute Gasteiger partial charge is 0.262 e. The molecule has 0 saturated carbocycles. The number of nitrogens with one attached hydrogen (secondary N) is 1. The number of nitriles is 1. The highest BCUT2D eigenvalue weighted by atomic mass is 79.9. The first-order valence-electron chi connectivity index (χ1n) is 6.27. The molecule has 21 heavy (non-hydrogen) atoms. The minimum Gasteiger partial charge on any atom is -0.493 e. The number of rotatable bonds is 5. The van der Waals surface area contributed by atoms with Crippen LogP contribution in [-0.2, 0) is 4.79 Å². The molecule has 0 aliphatic rings. The highest BCUT2D eigenvalue weighted by molar-refractivity contribution is 9.10. The van der Waals surface area contributed by atoms with Gasteiger partial charge < -0.3 is 14.8 Å². The average Bonchev–Trinajstić information content (AvgIpc) is 2.43. The van der Waals surface area contributed by atoms with Gasteiger partial charge in [0.05, 0.1) is 18.7 Å². The maximum absolute atomic E-state index is 11.9. The monoisotopic (exact) mass is 352 g/mol. The summed E-state index contributed by atoms with van der Waals surface area (Å²) in [5.41, 5.74) is 0.692. The van der Waals surface area contributed by atoms with E-state index in [1.807, 2.05) is 19.9 Å². The molecule has 1 amide bonds. The summed E-state index contributed by atoms with van der Waals surface area (Å²) in [5, 5.41) is 11.8. The van der Waals surface area contributed by atoms with E-state index in [1.165, 1.54) is 20.3 Å². The van der Waals surface area contributed by atoms with E-state index in [1.54, 1.807) is 12.1 Å². The number of hydrogen-bond donors (Lipinski definition) is 1. The fourth-order valence-electron chi connectivity index (χ4n) is 1.68. The minimum atomic E-state index is -0.404. The maximum Gasteiger partial charge on any atom is 0.262 e. The number of carbonyl (C=O) groups excluding carboxylic acids is 1. The Kier molecular flexibility index (Phi) is 6.25. The van der Waals surface area contributed by atoms with Gasteiger partial charge in [0.1, 0.15) is 11.6 Å². The van der Waals surface area contributed by atoms with Gasteiger partial charge in [-0.3, -0.25) is 4.79 Å². The van der Waals surface area contributed by atoms with E-state index in [-0.39, 0.29) is 11.6 Å². The normalized spacial score (nSPS) is 11.0. The SMILES string of the molecule is COc1cc(/C=C(\C#N)C(=O)NC(C)C)cc(Br)c1OC. The van der Waals surface area contributed by atoms with Gasteiger partial charge in [-0.05, 0) is 53.5 Å². The quantitative estimate of drug-likeness (QED) is 0.653. The molecule has 1 rings (SSSR count). The molecule has 0 fully saturated rings. The first kappa shape index (κ1) is 17.1. The van der Waals surface area contributed by atoms with Crippen LogP contribution in [0, 0.1) is 11.3 Å². The van der Waals surface area contributed by atoms with Crippen molar-refractivity contribution in [2.24, 2.45) is 0 Å². The Morgan fingerprint density at radius 2 is 2.05 bits per heavy atom. The number of hydrogen-bond acceptors (Lipinski definition) is 4. The lowest BCUT2D eigenvalue weighted by Crippen LogP contribution is -2.30. The molecule has 0 saturated heterocycles. The molecule has 0 atom stereocenters. The third kappa shape index (κ3) is 4.50. The van der Waals surface area contributed by atoms with Crippen LogP contribution in [0.1, 0.15) is 19.4 Å². The summed E-state index contributed by atoms with van der Waals surface area (Å²) in [4.78, 5) is 11.9. The first-order valence-corrected chi connectivity index (χ1v) is 7.06. The summed E-state index contributed by atoms with van der Waals surface area (Å²) in [6, 6.07) is 5.32. The molecule has 0 bridgehead atoms. The zero-order chi connectivity index (χ0) is 16.0. The standard InChI is InChI=1S/C15H17BrN2O3/c1-9(2)18-15(19)11(8-17)5-10-6-12(16)14(21-4)13(7-10)20-3/h5-7,9H,1-4H3,(H,18,19)/b11-5+. The lowest BCUT2D eigenvalue weighted by Gasteiger charge is -2.11. The molecule has 0 aliphatic carbocycles. The van der Waals surface area contributed by atoms with Crippen LogP contribution in [0.5, 0.6) is 11.5 Å². The Hall–Kier alpha value is -2.00. The first-order chi connectivity index (χ1) is 9.92. The molecule has 1 aromatic rings. The van der Waals surface area contributed by atoms with Crippen molar-refractivity contribution < 1.29 is 14.3 Å². The van der Waals surface area contributed by atoms with Crippen molar-refractivity contribution in [3.63, 3.8) is 0 Å². The zero-order valence-electron chi connectivity index (χ0n) is 12.4. The molecule has 6 heteroatoms. The molecule has 1 N–H and O–H groups in total. The Bertz CT molecular complexity index is 604. The fourth-order valence-corrected chi connectivity index (χ4v) is 2.30. The van der Waals surface area contributed by atoms with Crippen LogP contribution in [0.15, 0.2) is 22.2 Å². The predicted octanol–water partition coefficient (Wildman–Crippen LogP) is 2.90. The van der Waals surface area contributed by atoms with Crippen LogP contribution in [-0.4, -0.2) is 26.2 Å². The molecule has 0 unspecified atom stereocenters. The van der Waals surface area contributed by atoms with Gasteiger partial charge in [0, 0.05) is 6.04 Å². The van der Waals surface area contributed by atoms with Crippen molar-refractivity contribution in [2.45, 2.75) is 19.9 Å². The van der Waals surface area contributed by atoms with Gasteiger partial charge in [-0.2, -0.15) is 5.26 Å². The largest absolute Gasteiger partial charge is 0.493 e. The summed E-state index contributed by atoms with van der Waals surface area (Å²) in [5.74, 6) is 0.665. The van der Waals surface area contributed by atoms with E-state index in [2.05, 4.69) is 21.2 Å². The molecule has 0 aliphatic heterocycles. The van der Waals surface area contributed by atoms with E-state index in [0.717, 1.165) is 0 Å². The second kappa shape index (κ2) is 7.70. The minimum absolute atomic E-state index is 0.0304. The van der Waals surface area contributed by atoms with E-state index in [0.29, 0.717) is 21.5 Å². The van der Waals surface area contributed by atoms with Crippen LogP contribution in [0.3, 0.4) is 0 Å². The number of nitrogens with zero attached hydrogens (tertiary/aromatic N) is 1. The summed E-state index contributed by atoms with van der Waals surface area (Å²) in [7, 11) is 3.06. The molecule has 5 nitrogen and oxygen atoms in total. The van der Waals surface area contributed by atoms with Crippen LogP contribution in [0.25, 0.3) is 6.08 Å². The van der Waals surface area contributed by atoms with Gasteiger partial charge in [-0.15, -0.1) is 0 Å². The molecule has 0 aromatic heterocycles. The van der Waals surface area contributed by atoms with Gasteiger partial charge >= 0.3 is 0 Å². The molecule has 0 radical (unpaired) electrons. The Morgan fingerprint density at radius 3 is 2.52 bits per heavy atom. The lowest BCUT2D eigenvalue weighted by atomic mass is 10.1. The van der Waals surface area contributed by atoms with Crippen molar-refractivity contribution in [1.82, 2.24) is 5.32 Å². The number of halogens is 1. The number of carbonyl (C=O) groups is 1. The van der Waals surface area contributed by atoms with Gasteiger partial charge in [0.15, 0.2) is 11.5 Å². The van der Waals surface area contributed by atoms with Gasteiger partial charge in [0.2, 0.25) is 0 Å². The Balaban J connectivity index is 3.21. The third-order valence-corrected chi connectivity index (χ3v) is 3.14. The van der Waals surface area contributed by atoms with E-state index < -0.39 is 5.91 Å². The Labute approximate surface area is 132 Å². The highest BCUT2D eigenvalue weighted by Gasteiger charge is 2.13. The van der Waals surface area contributed by atoms with Crippen molar-refractivity contribution in [1.29, 1.82) is 5.26 Å². The molecule has 1 aromatic carbocycles. The molecule has 112 valence electrons. The van der Waals surface area contributed by atoms with Crippen LogP contribution < -0.4 is 14.8 Å². The molecule has 0 spiro atoms. The van der Waals surface area contributed by atoms with Crippen molar-refractivity contribution >= 4 is 27.9 Å². The van der Waals surface area contributed by atoms with Crippen LogP contribution in [0.2, 0.25) is 0 Å². The predicted molar refractivity (Wildman–Crippen MR) is 84.1 cm³/mol. The summed E-state index contributed by atoms with van der Waals surface area (Å²) in [6.07, 6.45) is 1.50. The van der Waals surface area contributed by atoms with E-state index in [9.17, 15) is 4.79 Å². The number of amides is 1. The van der Waals surface area contributed by atoms with E-state index in [4.69, 9.17) is 14.7 Å². The van der Waals surface area contributed by atoms with Gasteiger partial charge in [-0.1, -0.05) is 0 Å². The summed E-state index contributed by atoms with van der Waals surface area (Å²) in [6.45, 7) is 3.67. The maximum atomic E-state index is 11.9. The molecular weight excluding hydrogens is 336 g/mol. The third-order valence-electron chi connectivity index (χ3n) is 2.55. The van der Waals surface area contributed by atoms with Crippen molar-refractivity contribution in [2.75, 3.05) is 14.2 Å². The zero-order valence-corrected chi connectivity index (χ0v) is 13.9. The van der Waals surface area contributed by atoms with Crippen molar-refractivity contribution in [3.8, 4) is 17.6 Å². The van der Waals surface area contributed by atoms with E-state index >= 15 is 0 Å². The lowest BCUT2D eigenvalue weighted by molar-refractivity contribution is -0.117. The number of benzene rings is 1. The van der Waals surface area contributed by atoms with Gasteiger partial charge in [0.25, 0.3) is 5.91 Å². The molecule has 0 heterocycles. The number of ether oxygens (including phenoxy) is 2. The van der Waals surface area contributed by atoms with Crippen LogP contribution >= 0.6 is 15.9 Å². The summed E-state index contributed by atoms with van der Waals surface area (Å²) < 4.78 is 11.1. The highest BCUT2D eigenvalue weighted by Crippen LogP contribution is 2.36. The second-order valence-corrected chi connectivity index (χ2v) is 5.39. The average molecular weight is 353 g/mol.